The number of para-hydroxylation sites is 1. The van der Waals surface area contributed by atoms with Gasteiger partial charge in [-0.05, 0) is 55.3 Å². The highest BCUT2D eigenvalue weighted by molar-refractivity contribution is 7.92. The van der Waals surface area contributed by atoms with E-state index in [1.807, 2.05) is 74.3 Å². The molecular formula is C34H42Cl2N3O3S+. The van der Waals surface area contributed by atoms with Crippen LogP contribution in [-0.4, -0.2) is 76.8 Å². The van der Waals surface area contributed by atoms with Crippen molar-refractivity contribution in [2.24, 2.45) is 0 Å². The molecule has 230 valence electrons. The number of likely N-dealkylation sites (tertiary alicyclic amines) is 1. The van der Waals surface area contributed by atoms with E-state index >= 15 is 0 Å². The first-order valence-electron chi connectivity index (χ1n) is 14.9. The molecule has 6 nitrogen and oxygen atoms in total. The number of carbonyl (C=O) groups excluding carboxylic acids is 1. The maximum absolute atomic E-state index is 13.5. The first-order chi connectivity index (χ1) is 20.2. The highest BCUT2D eigenvalue weighted by Crippen LogP contribution is 2.48. The predicted molar refractivity (Wildman–Crippen MR) is 177 cm³/mol. The minimum Gasteiger partial charge on any atom is -0.341 e. The van der Waals surface area contributed by atoms with Crippen molar-refractivity contribution in [3.63, 3.8) is 0 Å². The van der Waals surface area contributed by atoms with Crippen molar-refractivity contribution in [1.82, 2.24) is 4.90 Å². The summed E-state index contributed by atoms with van der Waals surface area (Å²) >= 11 is 12.7. The van der Waals surface area contributed by atoms with Crippen LogP contribution in [-0.2, 0) is 15.4 Å². The molecule has 0 bridgehead atoms. The van der Waals surface area contributed by atoms with Gasteiger partial charge in [0.1, 0.15) is 0 Å². The number of piperidine rings is 1. The van der Waals surface area contributed by atoms with E-state index in [-0.39, 0.29) is 17.2 Å². The number of hydrogen-bond acceptors (Lipinski definition) is 3. The van der Waals surface area contributed by atoms with Gasteiger partial charge in [0.2, 0.25) is 10.0 Å². The highest BCUT2D eigenvalue weighted by atomic mass is 35.5. The lowest BCUT2D eigenvalue weighted by molar-refractivity contribution is -0.915. The number of anilines is 1. The van der Waals surface area contributed by atoms with Crippen LogP contribution in [0.4, 0.5) is 5.69 Å². The number of halogens is 2. The average molecular weight is 644 g/mol. The molecule has 0 saturated carbocycles. The highest BCUT2D eigenvalue weighted by Gasteiger charge is 2.50. The van der Waals surface area contributed by atoms with Crippen molar-refractivity contribution >= 4 is 44.8 Å². The normalized spacial score (nSPS) is 22.4. The van der Waals surface area contributed by atoms with Gasteiger partial charge < -0.3 is 9.38 Å². The fourth-order valence-electron chi connectivity index (χ4n) is 7.07. The van der Waals surface area contributed by atoms with Crippen LogP contribution < -0.4 is 4.31 Å². The van der Waals surface area contributed by atoms with E-state index < -0.39 is 10.0 Å². The molecule has 1 saturated heterocycles. The second-order valence-electron chi connectivity index (χ2n) is 13.1. The lowest BCUT2D eigenvalue weighted by Gasteiger charge is -2.46. The largest absolute Gasteiger partial charge is 0.341 e. The molecule has 0 aliphatic carbocycles. The van der Waals surface area contributed by atoms with Gasteiger partial charge in [0, 0.05) is 56.3 Å². The monoisotopic (exact) mass is 642 g/mol. The van der Waals surface area contributed by atoms with Crippen molar-refractivity contribution < 1.29 is 17.7 Å². The topological polar surface area (TPSA) is 57.7 Å². The standard InChI is InChI=1S/C34H42Cl2N3O3S/c1-24-18-25(2)20-28(19-24)33(40)37(3)22-27(26-10-11-30(35)31(36)21-26)12-15-39(4)16-13-34(14-17-39)23-38(43(5,41)42)32-9-7-6-8-29(32)34/h6-11,18-21,27H,12-17,22-23H2,1-5H3/q+1. The zero-order valence-corrected chi connectivity index (χ0v) is 28.1. The summed E-state index contributed by atoms with van der Waals surface area (Å²) < 4.78 is 27.8. The zero-order chi connectivity index (χ0) is 31.2. The Kier molecular flexibility index (Phi) is 8.94. The molecular weight excluding hydrogens is 601 g/mol. The van der Waals surface area contributed by atoms with Gasteiger partial charge in [-0.3, -0.25) is 9.10 Å². The molecule has 0 N–H and O–H groups in total. The fourth-order valence-corrected chi connectivity index (χ4v) is 8.37. The van der Waals surface area contributed by atoms with Crippen molar-refractivity contribution in [2.75, 3.05) is 57.4 Å². The molecule has 2 aliphatic heterocycles. The Morgan fingerprint density at radius 3 is 2.28 bits per heavy atom. The third-order valence-corrected chi connectivity index (χ3v) is 11.5. The predicted octanol–water partition coefficient (Wildman–Crippen LogP) is 6.81. The molecule has 9 heteroatoms. The number of amides is 1. The Morgan fingerprint density at radius 1 is 1.00 bits per heavy atom. The SMILES string of the molecule is Cc1cc(C)cc(C(=O)N(C)CC(CC[N+]2(C)CCC3(CC2)CN(S(C)(=O)=O)c2ccccc23)c2ccc(Cl)c(Cl)c2)c1. The van der Waals surface area contributed by atoms with Crippen LogP contribution in [0.1, 0.15) is 57.8 Å². The van der Waals surface area contributed by atoms with Gasteiger partial charge in [-0.25, -0.2) is 8.42 Å². The molecule has 3 aromatic carbocycles. The average Bonchev–Trinajstić information content (AvgIpc) is 3.28. The third-order valence-electron chi connectivity index (χ3n) is 9.59. The lowest BCUT2D eigenvalue weighted by atomic mass is 9.73. The van der Waals surface area contributed by atoms with Crippen molar-refractivity contribution in [3.8, 4) is 0 Å². The number of quaternary nitrogens is 1. The number of rotatable bonds is 8. The molecule has 1 spiro atoms. The van der Waals surface area contributed by atoms with E-state index in [9.17, 15) is 13.2 Å². The van der Waals surface area contributed by atoms with Crippen LogP contribution in [0.5, 0.6) is 0 Å². The Labute approximate surface area is 266 Å². The summed E-state index contributed by atoms with van der Waals surface area (Å²) in [6, 6.07) is 19.7. The summed E-state index contributed by atoms with van der Waals surface area (Å²) in [7, 11) is 0.829. The van der Waals surface area contributed by atoms with Gasteiger partial charge in [-0.1, -0.05) is 64.7 Å². The Morgan fingerprint density at radius 2 is 1.65 bits per heavy atom. The first kappa shape index (κ1) is 31.8. The third kappa shape index (κ3) is 6.75. The molecule has 2 aliphatic rings. The quantitative estimate of drug-likeness (QED) is 0.254. The second kappa shape index (κ2) is 12.1. The van der Waals surface area contributed by atoms with Gasteiger partial charge in [-0.2, -0.15) is 0 Å². The summed E-state index contributed by atoms with van der Waals surface area (Å²) in [5.74, 6) is 0.0842. The maximum Gasteiger partial charge on any atom is 0.253 e. The van der Waals surface area contributed by atoms with Crippen LogP contribution in [0.15, 0.2) is 60.7 Å². The van der Waals surface area contributed by atoms with Gasteiger partial charge in [0.15, 0.2) is 0 Å². The molecule has 0 radical (unpaired) electrons. The van der Waals surface area contributed by atoms with Gasteiger partial charge in [0.25, 0.3) is 5.91 Å². The lowest BCUT2D eigenvalue weighted by Crippen LogP contribution is -2.55. The van der Waals surface area contributed by atoms with E-state index in [1.54, 1.807) is 4.31 Å². The van der Waals surface area contributed by atoms with Gasteiger partial charge in [0.05, 0.1) is 48.7 Å². The van der Waals surface area contributed by atoms with Crippen LogP contribution in [0, 0.1) is 13.8 Å². The molecule has 1 fully saturated rings. The molecule has 43 heavy (non-hydrogen) atoms. The summed E-state index contributed by atoms with van der Waals surface area (Å²) in [5.41, 5.74) is 5.75. The van der Waals surface area contributed by atoms with E-state index in [0.717, 1.165) is 71.3 Å². The number of fused-ring (bicyclic) bond motifs is 2. The number of benzene rings is 3. The molecule has 5 rings (SSSR count). The van der Waals surface area contributed by atoms with E-state index in [4.69, 9.17) is 23.2 Å². The second-order valence-corrected chi connectivity index (χ2v) is 15.8. The zero-order valence-electron chi connectivity index (χ0n) is 25.7. The molecule has 3 aromatic rings. The minimum atomic E-state index is -3.35. The molecule has 2 heterocycles. The number of sulfonamides is 1. The number of carbonyl (C=O) groups is 1. The van der Waals surface area contributed by atoms with Crippen LogP contribution >= 0.6 is 23.2 Å². The van der Waals surface area contributed by atoms with Crippen molar-refractivity contribution in [2.45, 2.75) is 44.4 Å². The van der Waals surface area contributed by atoms with E-state index in [0.29, 0.717) is 28.7 Å². The van der Waals surface area contributed by atoms with E-state index in [1.165, 1.54) is 6.26 Å². The van der Waals surface area contributed by atoms with Crippen LogP contribution in [0.2, 0.25) is 10.0 Å². The summed E-state index contributed by atoms with van der Waals surface area (Å²) in [6.45, 7) is 7.95. The van der Waals surface area contributed by atoms with Gasteiger partial charge in [-0.15, -0.1) is 0 Å². The fraction of sp³-hybridized carbons (Fsp3) is 0.441. The molecule has 1 amide bonds. The van der Waals surface area contributed by atoms with Gasteiger partial charge >= 0.3 is 0 Å². The number of hydrogen-bond donors (Lipinski definition) is 0. The Hall–Kier alpha value is -2.58. The Balaban J connectivity index is 1.32. The number of likely N-dealkylation sites (N-methyl/N-ethyl adjacent to an activating group) is 1. The smallest absolute Gasteiger partial charge is 0.253 e. The van der Waals surface area contributed by atoms with E-state index in [2.05, 4.69) is 19.2 Å². The molecule has 0 aromatic heterocycles. The van der Waals surface area contributed by atoms with Crippen molar-refractivity contribution in [1.29, 1.82) is 0 Å². The minimum absolute atomic E-state index is 0.00694. The molecule has 1 unspecified atom stereocenters. The number of aryl methyl sites for hydroxylation is 2. The summed E-state index contributed by atoms with van der Waals surface area (Å²) in [4.78, 5) is 15.3. The Bertz CT molecular complexity index is 1610. The van der Waals surface area contributed by atoms with Crippen LogP contribution in [0.25, 0.3) is 0 Å². The maximum atomic E-state index is 13.5. The summed E-state index contributed by atoms with van der Waals surface area (Å²) in [6.07, 6.45) is 4.03. The van der Waals surface area contributed by atoms with Crippen LogP contribution in [0.3, 0.4) is 0 Å². The van der Waals surface area contributed by atoms with Crippen molar-refractivity contribution in [3.05, 3.63) is 98.5 Å². The number of nitrogens with zero attached hydrogens (tertiary/aromatic N) is 3. The summed E-state index contributed by atoms with van der Waals surface area (Å²) in [5, 5.41) is 1.03. The molecule has 1 atom stereocenters. The first-order valence-corrected chi connectivity index (χ1v) is 17.5.